The van der Waals surface area contributed by atoms with Gasteiger partial charge in [0.1, 0.15) is 0 Å². The summed E-state index contributed by atoms with van der Waals surface area (Å²) in [7, 11) is -4.02. The van der Waals surface area contributed by atoms with Gasteiger partial charge in [-0.1, -0.05) is 30.4 Å². The number of nitrogens with zero attached hydrogens (tertiary/aromatic N) is 1. The number of amides is 1. The summed E-state index contributed by atoms with van der Waals surface area (Å²) in [5, 5.41) is 0. The van der Waals surface area contributed by atoms with Crippen molar-refractivity contribution in [3.63, 3.8) is 0 Å². The zero-order valence-electron chi connectivity index (χ0n) is 12.9. The van der Waals surface area contributed by atoms with E-state index in [2.05, 4.69) is 6.58 Å². The third-order valence-corrected chi connectivity index (χ3v) is 6.50. The van der Waals surface area contributed by atoms with Gasteiger partial charge >= 0.3 is 0 Å². The highest BCUT2D eigenvalue weighted by Gasteiger charge is 2.57. The molecule has 6 heteroatoms. The molecule has 1 aliphatic carbocycles. The van der Waals surface area contributed by atoms with Crippen molar-refractivity contribution in [3.8, 4) is 0 Å². The van der Waals surface area contributed by atoms with Crippen LogP contribution in [0.1, 0.15) is 18.9 Å². The average molecular weight is 331 g/mol. The van der Waals surface area contributed by atoms with Crippen molar-refractivity contribution in [1.29, 1.82) is 0 Å². The van der Waals surface area contributed by atoms with Crippen molar-refractivity contribution in [2.45, 2.75) is 30.7 Å². The molecule has 1 unspecified atom stereocenters. The number of carbonyl (C=O) groups is 2. The van der Waals surface area contributed by atoms with Gasteiger partial charge in [-0.25, -0.2) is 12.7 Å². The van der Waals surface area contributed by atoms with Crippen LogP contribution >= 0.6 is 0 Å². The second-order valence-electron chi connectivity index (χ2n) is 6.20. The van der Waals surface area contributed by atoms with E-state index in [1.54, 1.807) is 19.1 Å². The van der Waals surface area contributed by atoms with Crippen molar-refractivity contribution in [2.24, 2.45) is 5.92 Å². The van der Waals surface area contributed by atoms with E-state index in [9.17, 15) is 18.0 Å². The SMILES string of the molecule is C=C1C(=O)N(S(=O)(=O)c2ccc(C)cc2)[C@]2(C)C=CC(=O)CC12. The highest BCUT2D eigenvalue weighted by Crippen LogP contribution is 2.46. The van der Waals surface area contributed by atoms with Crippen LogP contribution in [-0.2, 0) is 19.6 Å². The monoisotopic (exact) mass is 331 g/mol. The lowest BCUT2D eigenvalue weighted by Crippen LogP contribution is -2.50. The fraction of sp³-hybridized carbons (Fsp3) is 0.294. The van der Waals surface area contributed by atoms with Gasteiger partial charge in [0.05, 0.1) is 10.4 Å². The Bertz CT molecular complexity index is 851. The molecule has 1 heterocycles. The minimum atomic E-state index is -4.02. The highest BCUT2D eigenvalue weighted by atomic mass is 32.2. The minimum absolute atomic E-state index is 0.0522. The van der Waals surface area contributed by atoms with Gasteiger partial charge in [-0.05, 0) is 32.1 Å². The van der Waals surface area contributed by atoms with Gasteiger partial charge in [0.2, 0.25) is 0 Å². The van der Waals surface area contributed by atoms with E-state index >= 15 is 0 Å². The molecule has 1 saturated heterocycles. The van der Waals surface area contributed by atoms with Gasteiger partial charge in [0.15, 0.2) is 5.78 Å². The Morgan fingerprint density at radius 2 is 1.83 bits per heavy atom. The van der Waals surface area contributed by atoms with E-state index in [1.165, 1.54) is 24.3 Å². The second kappa shape index (κ2) is 4.89. The van der Waals surface area contributed by atoms with Crippen LogP contribution in [0.3, 0.4) is 0 Å². The number of rotatable bonds is 2. The lowest BCUT2D eigenvalue weighted by molar-refractivity contribution is -0.122. The molecule has 1 aromatic carbocycles. The molecule has 1 amide bonds. The summed E-state index contributed by atoms with van der Waals surface area (Å²) in [6.45, 7) is 7.24. The fourth-order valence-corrected chi connectivity index (χ4v) is 4.95. The van der Waals surface area contributed by atoms with Crippen LogP contribution in [-0.4, -0.2) is 30.0 Å². The number of benzene rings is 1. The standard InChI is InChI=1S/C17H17NO4S/c1-11-4-6-14(7-5-11)23(21,22)18-16(20)12(2)15-10-13(19)8-9-17(15,18)3/h4-9,15H,2,10H2,1,3H3/t15?,17-/m1/s1. The van der Waals surface area contributed by atoms with Gasteiger partial charge in [-0.2, -0.15) is 0 Å². The molecule has 0 radical (unpaired) electrons. The first kappa shape index (κ1) is 15.7. The van der Waals surface area contributed by atoms with Crippen LogP contribution in [0.25, 0.3) is 0 Å². The van der Waals surface area contributed by atoms with E-state index in [0.29, 0.717) is 0 Å². The normalized spacial score (nSPS) is 27.5. The van der Waals surface area contributed by atoms with Crippen LogP contribution in [0.2, 0.25) is 0 Å². The third kappa shape index (κ3) is 2.16. The van der Waals surface area contributed by atoms with Crippen LogP contribution in [0.4, 0.5) is 0 Å². The van der Waals surface area contributed by atoms with Crippen molar-refractivity contribution in [3.05, 3.63) is 54.1 Å². The predicted octanol–water partition coefficient (Wildman–Crippen LogP) is 1.99. The Morgan fingerprint density at radius 1 is 1.22 bits per heavy atom. The lowest BCUT2D eigenvalue weighted by Gasteiger charge is -2.37. The topological polar surface area (TPSA) is 71.5 Å². The molecular formula is C17H17NO4S. The van der Waals surface area contributed by atoms with Crippen LogP contribution in [0.5, 0.6) is 0 Å². The number of aryl methyl sites for hydroxylation is 1. The first-order valence-electron chi connectivity index (χ1n) is 7.25. The minimum Gasteiger partial charge on any atom is -0.295 e. The number of carbonyl (C=O) groups excluding carboxylic acids is 2. The molecular weight excluding hydrogens is 314 g/mol. The van der Waals surface area contributed by atoms with Crippen molar-refractivity contribution in [2.75, 3.05) is 0 Å². The molecule has 1 aromatic rings. The molecule has 0 spiro atoms. The highest BCUT2D eigenvalue weighted by molar-refractivity contribution is 7.89. The quantitative estimate of drug-likeness (QED) is 0.777. The Kier molecular flexibility index (Phi) is 3.33. The molecule has 1 aliphatic heterocycles. The molecule has 0 saturated carbocycles. The van der Waals surface area contributed by atoms with Crippen LogP contribution in [0.15, 0.2) is 53.5 Å². The molecule has 0 aromatic heterocycles. The Labute approximate surface area is 135 Å². The largest absolute Gasteiger partial charge is 0.295 e. The summed E-state index contributed by atoms with van der Waals surface area (Å²) in [4.78, 5) is 24.3. The zero-order valence-corrected chi connectivity index (χ0v) is 13.8. The van der Waals surface area contributed by atoms with E-state index in [4.69, 9.17) is 0 Å². The van der Waals surface area contributed by atoms with Crippen LogP contribution < -0.4 is 0 Å². The predicted molar refractivity (Wildman–Crippen MR) is 85.0 cm³/mol. The molecule has 2 atom stereocenters. The van der Waals surface area contributed by atoms with E-state index in [-0.39, 0.29) is 22.7 Å². The first-order valence-corrected chi connectivity index (χ1v) is 8.69. The number of hydrogen-bond acceptors (Lipinski definition) is 4. The number of allylic oxidation sites excluding steroid dienone is 1. The maximum absolute atomic E-state index is 13.0. The Hall–Kier alpha value is -2.21. The molecule has 3 rings (SSSR count). The Morgan fingerprint density at radius 3 is 2.43 bits per heavy atom. The van der Waals surface area contributed by atoms with E-state index in [1.807, 2.05) is 6.92 Å². The summed E-state index contributed by atoms with van der Waals surface area (Å²) < 4.78 is 26.9. The molecule has 2 aliphatic rings. The average Bonchev–Trinajstić information content (AvgIpc) is 2.68. The summed E-state index contributed by atoms with van der Waals surface area (Å²) in [6.07, 6.45) is 2.95. The number of hydrogen-bond donors (Lipinski definition) is 0. The van der Waals surface area contributed by atoms with Gasteiger partial charge in [0.25, 0.3) is 15.9 Å². The molecule has 0 N–H and O–H groups in total. The van der Waals surface area contributed by atoms with Crippen molar-refractivity contribution < 1.29 is 18.0 Å². The summed E-state index contributed by atoms with van der Waals surface area (Å²) in [5.74, 6) is -1.29. The number of sulfonamides is 1. The van der Waals surface area contributed by atoms with Crippen LogP contribution in [0, 0.1) is 12.8 Å². The van der Waals surface area contributed by atoms with Crippen molar-refractivity contribution in [1.82, 2.24) is 4.31 Å². The number of fused-ring (bicyclic) bond motifs is 1. The third-order valence-electron chi connectivity index (χ3n) is 4.59. The molecule has 1 fully saturated rings. The smallest absolute Gasteiger partial charge is 0.267 e. The summed E-state index contributed by atoms with van der Waals surface area (Å²) in [5.41, 5.74) is 0.000419. The van der Waals surface area contributed by atoms with E-state index in [0.717, 1.165) is 9.87 Å². The maximum atomic E-state index is 13.0. The lowest BCUT2D eigenvalue weighted by atomic mass is 9.78. The number of ketones is 1. The maximum Gasteiger partial charge on any atom is 0.267 e. The first-order chi connectivity index (χ1) is 10.7. The van der Waals surface area contributed by atoms with Gasteiger partial charge in [0, 0.05) is 17.9 Å². The van der Waals surface area contributed by atoms with Gasteiger partial charge in [-0.3, -0.25) is 9.59 Å². The molecule has 5 nitrogen and oxygen atoms in total. The van der Waals surface area contributed by atoms with Gasteiger partial charge < -0.3 is 0 Å². The van der Waals surface area contributed by atoms with Gasteiger partial charge in [-0.15, -0.1) is 0 Å². The molecule has 23 heavy (non-hydrogen) atoms. The fourth-order valence-electron chi connectivity index (χ4n) is 3.22. The summed E-state index contributed by atoms with van der Waals surface area (Å²) >= 11 is 0. The zero-order chi connectivity index (χ0) is 17.0. The van der Waals surface area contributed by atoms with Crippen molar-refractivity contribution >= 4 is 21.7 Å². The summed E-state index contributed by atoms with van der Waals surface area (Å²) in [6, 6.07) is 6.33. The second-order valence-corrected chi connectivity index (χ2v) is 7.98. The Balaban J connectivity index is 2.16. The van der Waals surface area contributed by atoms with E-state index < -0.39 is 27.4 Å². The molecule has 0 bridgehead atoms. The molecule has 120 valence electrons.